The number of hydrogen-bond acceptors (Lipinski definition) is 2. The summed E-state index contributed by atoms with van der Waals surface area (Å²) in [6, 6.07) is 5.73. The Labute approximate surface area is 120 Å². The third kappa shape index (κ3) is 3.74. The van der Waals surface area contributed by atoms with Gasteiger partial charge in [0.05, 0.1) is 18.7 Å². The molecule has 0 spiro atoms. The van der Waals surface area contributed by atoms with Crippen LogP contribution in [0.5, 0.6) is 5.75 Å². The number of hydrogen-bond donors (Lipinski definition) is 1. The van der Waals surface area contributed by atoms with Crippen molar-refractivity contribution in [3.05, 3.63) is 34.4 Å². The molecule has 3 heteroatoms. The summed E-state index contributed by atoms with van der Waals surface area (Å²) in [6.07, 6.45) is 8.31. The highest BCUT2D eigenvalue weighted by atomic mass is 35.5. The predicted molar refractivity (Wildman–Crippen MR) is 79.6 cm³/mol. The molecule has 1 N–H and O–H groups in total. The molecule has 1 fully saturated rings. The first kappa shape index (κ1) is 14.4. The minimum atomic E-state index is 0.133. The molecule has 2 nitrogen and oxygen atoms in total. The molecule has 19 heavy (non-hydrogen) atoms. The molecule has 0 aromatic heterocycles. The summed E-state index contributed by atoms with van der Waals surface area (Å²) in [5.41, 5.74) is 2.15. The van der Waals surface area contributed by atoms with Crippen LogP contribution in [0.3, 0.4) is 0 Å². The fraction of sp³-hybridized carbons (Fsp3) is 0.500. The summed E-state index contributed by atoms with van der Waals surface area (Å²) in [4.78, 5) is 0. The van der Waals surface area contributed by atoms with Gasteiger partial charge in [0.25, 0.3) is 0 Å². The van der Waals surface area contributed by atoms with Gasteiger partial charge in [-0.1, -0.05) is 43.0 Å². The van der Waals surface area contributed by atoms with Crippen LogP contribution in [0.15, 0.2) is 23.8 Å². The summed E-state index contributed by atoms with van der Waals surface area (Å²) in [5, 5.41) is 10.2. The molecule has 1 aromatic rings. The Balaban J connectivity index is 2.19. The fourth-order valence-electron chi connectivity index (χ4n) is 2.75. The summed E-state index contributed by atoms with van der Waals surface area (Å²) in [7, 11) is 1.61. The Morgan fingerprint density at radius 1 is 1.37 bits per heavy atom. The van der Waals surface area contributed by atoms with E-state index in [-0.39, 0.29) is 6.61 Å². The third-order valence-corrected chi connectivity index (χ3v) is 4.14. The Bertz CT molecular complexity index is 448. The van der Waals surface area contributed by atoms with Gasteiger partial charge in [-0.3, -0.25) is 0 Å². The van der Waals surface area contributed by atoms with Crippen molar-refractivity contribution in [2.24, 2.45) is 5.92 Å². The van der Waals surface area contributed by atoms with Gasteiger partial charge < -0.3 is 9.84 Å². The van der Waals surface area contributed by atoms with E-state index < -0.39 is 0 Å². The Hall–Kier alpha value is -0.990. The molecule has 0 unspecified atom stereocenters. The SMILES string of the molecule is COc1ccc(C=C(CO)C2CCCCC2)cc1Cl. The number of aliphatic hydroxyl groups is 1. The van der Waals surface area contributed by atoms with Crippen molar-refractivity contribution >= 4 is 17.7 Å². The maximum atomic E-state index is 9.58. The molecule has 0 radical (unpaired) electrons. The average Bonchev–Trinajstić information content (AvgIpc) is 2.46. The van der Waals surface area contributed by atoms with Crippen LogP contribution >= 0.6 is 11.6 Å². The van der Waals surface area contributed by atoms with Crippen molar-refractivity contribution in [1.82, 2.24) is 0 Å². The monoisotopic (exact) mass is 280 g/mol. The standard InChI is InChI=1S/C16H21ClO2/c1-19-16-8-7-12(10-15(16)17)9-14(11-18)13-5-3-2-4-6-13/h7-10,13,18H,2-6,11H2,1H3. The lowest BCUT2D eigenvalue weighted by Gasteiger charge is -2.23. The molecule has 1 aliphatic rings. The van der Waals surface area contributed by atoms with E-state index in [9.17, 15) is 5.11 Å². The van der Waals surface area contributed by atoms with E-state index in [0.717, 1.165) is 11.1 Å². The second kappa shape index (κ2) is 6.97. The second-order valence-corrected chi connectivity index (χ2v) is 5.51. The number of ether oxygens (including phenoxy) is 1. The highest BCUT2D eigenvalue weighted by Gasteiger charge is 2.17. The number of aliphatic hydroxyl groups excluding tert-OH is 1. The Kier molecular flexibility index (Phi) is 5.29. The summed E-state index contributed by atoms with van der Waals surface area (Å²) >= 11 is 6.13. The highest BCUT2D eigenvalue weighted by Crippen LogP contribution is 2.32. The zero-order chi connectivity index (χ0) is 13.7. The fourth-order valence-corrected chi connectivity index (χ4v) is 3.02. The van der Waals surface area contributed by atoms with E-state index in [1.807, 2.05) is 18.2 Å². The molecule has 2 rings (SSSR count). The number of rotatable bonds is 4. The zero-order valence-corrected chi connectivity index (χ0v) is 12.1. The predicted octanol–water partition coefficient (Wildman–Crippen LogP) is 4.30. The molecule has 1 saturated carbocycles. The molecule has 1 aliphatic carbocycles. The van der Waals surface area contributed by atoms with E-state index in [1.165, 1.54) is 32.1 Å². The maximum absolute atomic E-state index is 9.58. The normalized spacial score (nSPS) is 17.5. The summed E-state index contributed by atoms with van der Waals surface area (Å²) in [5.74, 6) is 1.21. The van der Waals surface area contributed by atoms with Crippen molar-refractivity contribution in [2.45, 2.75) is 32.1 Å². The molecule has 0 aliphatic heterocycles. The highest BCUT2D eigenvalue weighted by molar-refractivity contribution is 6.32. The number of benzene rings is 1. The minimum Gasteiger partial charge on any atom is -0.495 e. The Morgan fingerprint density at radius 2 is 2.11 bits per heavy atom. The van der Waals surface area contributed by atoms with Crippen molar-refractivity contribution < 1.29 is 9.84 Å². The van der Waals surface area contributed by atoms with Gasteiger partial charge in [-0.2, -0.15) is 0 Å². The van der Waals surface area contributed by atoms with E-state index in [4.69, 9.17) is 16.3 Å². The van der Waals surface area contributed by atoms with E-state index >= 15 is 0 Å². The van der Waals surface area contributed by atoms with Crippen LogP contribution in [0.4, 0.5) is 0 Å². The van der Waals surface area contributed by atoms with Gasteiger partial charge >= 0.3 is 0 Å². The van der Waals surface area contributed by atoms with Gasteiger partial charge in [0, 0.05) is 0 Å². The number of methoxy groups -OCH3 is 1. The van der Waals surface area contributed by atoms with Crippen molar-refractivity contribution in [3.8, 4) is 5.75 Å². The molecule has 0 heterocycles. The van der Waals surface area contributed by atoms with Crippen LogP contribution < -0.4 is 4.74 Å². The number of halogens is 1. The Morgan fingerprint density at radius 3 is 2.68 bits per heavy atom. The van der Waals surface area contributed by atoms with Crippen molar-refractivity contribution in [1.29, 1.82) is 0 Å². The van der Waals surface area contributed by atoms with Crippen molar-refractivity contribution in [2.75, 3.05) is 13.7 Å². The zero-order valence-electron chi connectivity index (χ0n) is 11.4. The topological polar surface area (TPSA) is 29.5 Å². The lowest BCUT2D eigenvalue weighted by molar-refractivity contribution is 0.295. The first-order valence-corrected chi connectivity index (χ1v) is 7.27. The molecule has 0 bridgehead atoms. The second-order valence-electron chi connectivity index (χ2n) is 5.11. The van der Waals surface area contributed by atoms with Gasteiger partial charge in [-0.05, 0) is 42.0 Å². The van der Waals surface area contributed by atoms with Crippen molar-refractivity contribution in [3.63, 3.8) is 0 Å². The molecule has 104 valence electrons. The molecule has 0 amide bonds. The van der Waals surface area contributed by atoms with Crippen LogP contribution in [0, 0.1) is 5.92 Å². The third-order valence-electron chi connectivity index (χ3n) is 3.84. The van der Waals surface area contributed by atoms with E-state index in [1.54, 1.807) is 7.11 Å². The van der Waals surface area contributed by atoms with Crippen LogP contribution in [0.1, 0.15) is 37.7 Å². The van der Waals surface area contributed by atoms with Gasteiger partial charge in [0.15, 0.2) is 0 Å². The smallest absolute Gasteiger partial charge is 0.137 e. The molecule has 0 saturated heterocycles. The average molecular weight is 281 g/mol. The minimum absolute atomic E-state index is 0.133. The van der Waals surface area contributed by atoms with Crippen LogP contribution in [-0.4, -0.2) is 18.8 Å². The van der Waals surface area contributed by atoms with Gasteiger partial charge in [0.2, 0.25) is 0 Å². The van der Waals surface area contributed by atoms with Crippen LogP contribution in [0.25, 0.3) is 6.08 Å². The van der Waals surface area contributed by atoms with Crippen LogP contribution in [-0.2, 0) is 0 Å². The summed E-state index contributed by atoms with van der Waals surface area (Å²) < 4.78 is 5.15. The lowest BCUT2D eigenvalue weighted by Crippen LogP contribution is -2.11. The van der Waals surface area contributed by atoms with Crippen LogP contribution in [0.2, 0.25) is 5.02 Å². The first-order valence-electron chi connectivity index (χ1n) is 6.89. The molecular formula is C16H21ClO2. The summed E-state index contributed by atoms with van der Waals surface area (Å²) in [6.45, 7) is 0.133. The quantitative estimate of drug-likeness (QED) is 0.891. The van der Waals surface area contributed by atoms with Gasteiger partial charge in [-0.25, -0.2) is 0 Å². The van der Waals surface area contributed by atoms with E-state index in [2.05, 4.69) is 6.08 Å². The van der Waals surface area contributed by atoms with Gasteiger partial charge in [0.1, 0.15) is 5.75 Å². The molecular weight excluding hydrogens is 260 g/mol. The maximum Gasteiger partial charge on any atom is 0.137 e. The molecule has 0 atom stereocenters. The van der Waals surface area contributed by atoms with Gasteiger partial charge in [-0.15, -0.1) is 0 Å². The largest absolute Gasteiger partial charge is 0.495 e. The lowest BCUT2D eigenvalue weighted by atomic mass is 9.83. The first-order chi connectivity index (χ1) is 9.24. The van der Waals surface area contributed by atoms with E-state index in [0.29, 0.717) is 16.7 Å². The molecule has 1 aromatic carbocycles.